The third-order valence-electron chi connectivity index (χ3n) is 4.04. The molecule has 134 valence electrons. The van der Waals surface area contributed by atoms with Crippen LogP contribution in [0.2, 0.25) is 0 Å². The maximum atomic E-state index is 13.5. The molecule has 0 bridgehead atoms. The van der Waals surface area contributed by atoms with Gasteiger partial charge in [0, 0.05) is 14.1 Å². The Hall–Kier alpha value is -3.56. The van der Waals surface area contributed by atoms with Crippen LogP contribution in [0.15, 0.2) is 23.0 Å². The fraction of sp³-hybridized carbons (Fsp3) is 0.188. The van der Waals surface area contributed by atoms with Crippen molar-refractivity contribution in [2.75, 3.05) is 5.32 Å². The molecule has 0 unspecified atom stereocenters. The third kappa shape index (κ3) is 2.70. The SMILES string of the molecule is Cc1c(NC(=O)c2nn(C)c3ccc(F)cc3c2=O)c(C(N)=O)nn1C. The zero-order valence-corrected chi connectivity index (χ0v) is 14.2. The van der Waals surface area contributed by atoms with Gasteiger partial charge in [0.25, 0.3) is 11.8 Å². The number of aromatic nitrogens is 4. The van der Waals surface area contributed by atoms with Crippen LogP contribution < -0.4 is 16.5 Å². The number of nitrogens with zero attached hydrogens (tertiary/aromatic N) is 4. The van der Waals surface area contributed by atoms with Crippen LogP contribution in [-0.4, -0.2) is 31.4 Å². The van der Waals surface area contributed by atoms with Gasteiger partial charge in [-0.1, -0.05) is 0 Å². The molecule has 0 aliphatic carbocycles. The summed E-state index contributed by atoms with van der Waals surface area (Å²) in [5.41, 5.74) is 4.90. The van der Waals surface area contributed by atoms with Gasteiger partial charge in [0.05, 0.1) is 22.3 Å². The minimum absolute atomic E-state index is 0.0192. The summed E-state index contributed by atoms with van der Waals surface area (Å²) < 4.78 is 16.2. The summed E-state index contributed by atoms with van der Waals surface area (Å²) in [5.74, 6) is -2.29. The van der Waals surface area contributed by atoms with Crippen LogP contribution in [0.3, 0.4) is 0 Å². The molecule has 0 saturated carbocycles. The number of hydrogen-bond acceptors (Lipinski definition) is 5. The summed E-state index contributed by atoms with van der Waals surface area (Å²) in [6.07, 6.45) is 0. The summed E-state index contributed by atoms with van der Waals surface area (Å²) in [6, 6.07) is 3.64. The molecular weight excluding hydrogens is 343 g/mol. The fourth-order valence-electron chi connectivity index (χ4n) is 2.60. The Labute approximate surface area is 146 Å². The Balaban J connectivity index is 2.11. The summed E-state index contributed by atoms with van der Waals surface area (Å²) >= 11 is 0. The maximum absolute atomic E-state index is 13.5. The average molecular weight is 358 g/mol. The van der Waals surface area contributed by atoms with Crippen molar-refractivity contribution in [3.05, 3.63) is 51.3 Å². The first-order valence-electron chi connectivity index (χ1n) is 7.52. The first kappa shape index (κ1) is 17.3. The lowest BCUT2D eigenvalue weighted by Crippen LogP contribution is -2.27. The number of carbonyl (C=O) groups is 2. The average Bonchev–Trinajstić information content (AvgIpc) is 2.86. The van der Waals surface area contributed by atoms with Crippen LogP contribution in [0, 0.1) is 12.7 Å². The van der Waals surface area contributed by atoms with Crippen molar-refractivity contribution in [3.8, 4) is 0 Å². The van der Waals surface area contributed by atoms with Gasteiger partial charge in [-0.3, -0.25) is 23.7 Å². The Morgan fingerprint density at radius 2 is 1.81 bits per heavy atom. The molecular formula is C16H15FN6O3. The number of carbonyl (C=O) groups excluding carboxylic acids is 2. The molecule has 3 N–H and O–H groups in total. The quantitative estimate of drug-likeness (QED) is 0.704. The van der Waals surface area contributed by atoms with Crippen molar-refractivity contribution in [2.45, 2.75) is 6.92 Å². The normalized spacial score (nSPS) is 10.9. The topological polar surface area (TPSA) is 125 Å². The minimum atomic E-state index is -0.852. The van der Waals surface area contributed by atoms with Gasteiger partial charge in [-0.25, -0.2) is 4.39 Å². The van der Waals surface area contributed by atoms with E-state index >= 15 is 0 Å². The third-order valence-corrected chi connectivity index (χ3v) is 4.04. The summed E-state index contributed by atoms with van der Waals surface area (Å²) in [5, 5.41) is 10.4. The number of anilines is 1. The first-order chi connectivity index (χ1) is 12.2. The first-order valence-corrected chi connectivity index (χ1v) is 7.52. The molecule has 26 heavy (non-hydrogen) atoms. The van der Waals surface area contributed by atoms with Gasteiger partial charge in [-0.05, 0) is 25.1 Å². The van der Waals surface area contributed by atoms with E-state index in [4.69, 9.17) is 5.73 Å². The number of amides is 2. The molecule has 0 aliphatic heterocycles. The maximum Gasteiger partial charge on any atom is 0.280 e. The Kier molecular flexibility index (Phi) is 4.03. The van der Waals surface area contributed by atoms with Crippen molar-refractivity contribution in [1.82, 2.24) is 19.6 Å². The number of halogens is 1. The second-order valence-electron chi connectivity index (χ2n) is 5.71. The molecule has 0 saturated heterocycles. The van der Waals surface area contributed by atoms with Crippen LogP contribution >= 0.6 is 0 Å². The van der Waals surface area contributed by atoms with E-state index in [9.17, 15) is 18.8 Å². The monoisotopic (exact) mass is 358 g/mol. The molecule has 9 nitrogen and oxygen atoms in total. The standard InChI is InChI=1S/C16H15FN6O3/c1-7-11(12(15(18)25)20-22(7)2)19-16(26)13-14(24)9-6-8(17)4-5-10(9)23(3)21-13/h4-6H,1-3H3,(H2,18,25)(H,19,26). The summed E-state index contributed by atoms with van der Waals surface area (Å²) in [7, 11) is 3.11. The second kappa shape index (κ2) is 6.06. The molecule has 10 heteroatoms. The molecule has 0 aliphatic rings. The van der Waals surface area contributed by atoms with E-state index in [0.29, 0.717) is 11.2 Å². The van der Waals surface area contributed by atoms with E-state index in [1.54, 1.807) is 14.0 Å². The number of benzene rings is 1. The van der Waals surface area contributed by atoms with Crippen LogP contribution in [0.1, 0.15) is 26.7 Å². The predicted octanol–water partition coefficient (Wildman–Crippen LogP) is 0.466. The van der Waals surface area contributed by atoms with Gasteiger partial charge in [0.1, 0.15) is 5.82 Å². The lowest BCUT2D eigenvalue weighted by molar-refractivity contribution is 0.0995. The Morgan fingerprint density at radius 3 is 2.46 bits per heavy atom. The number of aryl methyl sites for hydroxylation is 2. The molecule has 2 aromatic heterocycles. The van der Waals surface area contributed by atoms with Gasteiger partial charge in [-0.2, -0.15) is 10.2 Å². The summed E-state index contributed by atoms with van der Waals surface area (Å²) in [6.45, 7) is 1.62. The summed E-state index contributed by atoms with van der Waals surface area (Å²) in [4.78, 5) is 36.7. The lowest BCUT2D eigenvalue weighted by Gasteiger charge is -2.09. The highest BCUT2D eigenvalue weighted by Crippen LogP contribution is 2.20. The van der Waals surface area contributed by atoms with E-state index in [1.807, 2.05) is 0 Å². The van der Waals surface area contributed by atoms with Crippen molar-refractivity contribution >= 4 is 28.4 Å². The number of nitrogens with one attached hydrogen (secondary N) is 1. The number of nitrogens with two attached hydrogens (primary N) is 1. The number of fused-ring (bicyclic) bond motifs is 1. The molecule has 0 spiro atoms. The van der Waals surface area contributed by atoms with Gasteiger partial charge in [0.15, 0.2) is 11.4 Å². The van der Waals surface area contributed by atoms with E-state index < -0.39 is 28.8 Å². The van der Waals surface area contributed by atoms with Crippen molar-refractivity contribution in [3.63, 3.8) is 0 Å². The van der Waals surface area contributed by atoms with E-state index in [-0.39, 0.29) is 16.8 Å². The second-order valence-corrected chi connectivity index (χ2v) is 5.71. The largest absolute Gasteiger partial charge is 0.364 e. The molecule has 1 aromatic carbocycles. The van der Waals surface area contributed by atoms with Crippen LogP contribution in [0.4, 0.5) is 10.1 Å². The smallest absolute Gasteiger partial charge is 0.280 e. The predicted molar refractivity (Wildman–Crippen MR) is 91.4 cm³/mol. The van der Waals surface area contributed by atoms with E-state index in [0.717, 1.165) is 6.07 Å². The zero-order valence-electron chi connectivity index (χ0n) is 14.2. The molecule has 2 heterocycles. The molecule has 2 amide bonds. The van der Waals surface area contributed by atoms with Gasteiger partial charge in [-0.15, -0.1) is 0 Å². The Morgan fingerprint density at radius 1 is 1.15 bits per heavy atom. The van der Waals surface area contributed by atoms with Crippen molar-refractivity contribution < 1.29 is 14.0 Å². The fourth-order valence-corrected chi connectivity index (χ4v) is 2.60. The van der Waals surface area contributed by atoms with Crippen molar-refractivity contribution in [2.24, 2.45) is 19.8 Å². The zero-order chi connectivity index (χ0) is 19.2. The number of rotatable bonds is 3. The van der Waals surface area contributed by atoms with Crippen LogP contribution in [0.5, 0.6) is 0 Å². The molecule has 3 aromatic rings. The highest BCUT2D eigenvalue weighted by molar-refractivity contribution is 6.08. The minimum Gasteiger partial charge on any atom is -0.364 e. The van der Waals surface area contributed by atoms with Gasteiger partial charge in [0.2, 0.25) is 5.43 Å². The number of primary amides is 1. The molecule has 0 fully saturated rings. The van der Waals surface area contributed by atoms with E-state index in [2.05, 4.69) is 15.5 Å². The Bertz CT molecular complexity index is 1130. The van der Waals surface area contributed by atoms with Crippen molar-refractivity contribution in [1.29, 1.82) is 0 Å². The molecule has 3 rings (SSSR count). The highest BCUT2D eigenvalue weighted by atomic mass is 19.1. The molecule has 0 radical (unpaired) electrons. The number of hydrogen-bond donors (Lipinski definition) is 2. The van der Waals surface area contributed by atoms with E-state index in [1.165, 1.54) is 28.5 Å². The highest BCUT2D eigenvalue weighted by Gasteiger charge is 2.23. The van der Waals surface area contributed by atoms with Gasteiger partial charge < -0.3 is 11.1 Å². The van der Waals surface area contributed by atoms with Gasteiger partial charge >= 0.3 is 0 Å². The molecule has 0 atom stereocenters. The lowest BCUT2D eigenvalue weighted by atomic mass is 10.2. The van der Waals surface area contributed by atoms with Crippen LogP contribution in [0.25, 0.3) is 10.9 Å². The van der Waals surface area contributed by atoms with Crippen LogP contribution in [-0.2, 0) is 14.1 Å².